The van der Waals surface area contributed by atoms with Crippen molar-refractivity contribution < 1.29 is 18.3 Å². The molecule has 0 aromatic heterocycles. The van der Waals surface area contributed by atoms with Crippen molar-refractivity contribution in [3.05, 3.63) is 24.3 Å². The van der Waals surface area contributed by atoms with E-state index in [2.05, 4.69) is 4.90 Å². The molecule has 2 unspecified atom stereocenters. The summed E-state index contributed by atoms with van der Waals surface area (Å²) in [5, 5.41) is 14.2. The zero-order valence-electron chi connectivity index (χ0n) is 10.7. The Morgan fingerprint density at radius 2 is 2.00 bits per heavy atom. The Morgan fingerprint density at radius 1 is 1.37 bits per heavy atom. The summed E-state index contributed by atoms with van der Waals surface area (Å²) < 4.78 is 27.9. The molecule has 2 atom stereocenters. The van der Waals surface area contributed by atoms with E-state index in [0.717, 1.165) is 5.69 Å². The fraction of sp³-hybridized carbons (Fsp3) is 0.500. The molecule has 1 heterocycles. The van der Waals surface area contributed by atoms with Gasteiger partial charge in [0.2, 0.25) is 10.0 Å². The Labute approximate surface area is 112 Å². The highest BCUT2D eigenvalue weighted by atomic mass is 32.2. The van der Waals surface area contributed by atoms with E-state index in [-0.39, 0.29) is 23.7 Å². The Kier molecular flexibility index (Phi) is 4.10. The van der Waals surface area contributed by atoms with Crippen LogP contribution in [0, 0.1) is 0 Å². The Morgan fingerprint density at radius 3 is 2.53 bits per heavy atom. The fourth-order valence-corrected chi connectivity index (χ4v) is 2.72. The lowest BCUT2D eigenvalue weighted by Gasteiger charge is -2.37. The quantitative estimate of drug-likeness (QED) is 0.810. The second kappa shape index (κ2) is 5.46. The fourth-order valence-electron chi connectivity index (χ4n) is 2.20. The van der Waals surface area contributed by atoms with Crippen molar-refractivity contribution in [2.24, 2.45) is 5.14 Å². The van der Waals surface area contributed by atoms with E-state index in [1.807, 2.05) is 6.92 Å². The molecule has 19 heavy (non-hydrogen) atoms. The van der Waals surface area contributed by atoms with Crippen LogP contribution in [-0.2, 0) is 14.8 Å². The van der Waals surface area contributed by atoms with Gasteiger partial charge in [0.05, 0.1) is 23.7 Å². The maximum Gasteiger partial charge on any atom is 0.238 e. The van der Waals surface area contributed by atoms with Crippen molar-refractivity contribution >= 4 is 15.7 Å². The van der Waals surface area contributed by atoms with Crippen LogP contribution in [0.25, 0.3) is 0 Å². The number of ether oxygens (including phenoxy) is 1. The summed E-state index contributed by atoms with van der Waals surface area (Å²) in [7, 11) is -3.66. The number of anilines is 1. The number of primary sulfonamides is 1. The Hall–Kier alpha value is -1.15. The summed E-state index contributed by atoms with van der Waals surface area (Å²) in [6.07, 6.45) is -0.203. The second-order valence-electron chi connectivity index (χ2n) is 4.70. The van der Waals surface area contributed by atoms with Gasteiger partial charge in [-0.05, 0) is 31.2 Å². The topological polar surface area (TPSA) is 92.9 Å². The van der Waals surface area contributed by atoms with E-state index < -0.39 is 10.0 Å². The molecule has 106 valence electrons. The molecular weight excluding hydrogens is 268 g/mol. The minimum atomic E-state index is -3.66. The molecule has 6 nitrogen and oxygen atoms in total. The summed E-state index contributed by atoms with van der Waals surface area (Å²) in [4.78, 5) is 2.15. The molecule has 7 heteroatoms. The van der Waals surface area contributed by atoms with Crippen molar-refractivity contribution in [2.45, 2.75) is 24.0 Å². The average Bonchev–Trinajstić information content (AvgIpc) is 2.37. The van der Waals surface area contributed by atoms with Crippen LogP contribution < -0.4 is 10.0 Å². The van der Waals surface area contributed by atoms with Gasteiger partial charge in [0, 0.05) is 18.8 Å². The average molecular weight is 286 g/mol. The third-order valence-electron chi connectivity index (χ3n) is 3.06. The molecule has 1 aliphatic rings. The van der Waals surface area contributed by atoms with Gasteiger partial charge < -0.3 is 14.7 Å². The number of benzene rings is 1. The molecule has 0 amide bonds. The van der Waals surface area contributed by atoms with E-state index >= 15 is 0 Å². The van der Waals surface area contributed by atoms with Crippen LogP contribution in [0.4, 0.5) is 5.69 Å². The smallest absolute Gasteiger partial charge is 0.238 e. The highest BCUT2D eigenvalue weighted by Crippen LogP contribution is 2.21. The van der Waals surface area contributed by atoms with Gasteiger partial charge in [-0.3, -0.25) is 0 Å². The van der Waals surface area contributed by atoms with Crippen molar-refractivity contribution in [3.8, 4) is 0 Å². The number of aliphatic hydroxyl groups excluding tert-OH is 1. The zero-order valence-corrected chi connectivity index (χ0v) is 11.5. The van der Waals surface area contributed by atoms with Crippen LogP contribution in [-0.4, -0.2) is 45.4 Å². The number of aliphatic hydroxyl groups is 1. The molecule has 3 N–H and O–H groups in total. The van der Waals surface area contributed by atoms with Crippen LogP contribution in [0.15, 0.2) is 29.2 Å². The second-order valence-corrected chi connectivity index (χ2v) is 6.26. The van der Waals surface area contributed by atoms with E-state index in [9.17, 15) is 13.5 Å². The zero-order chi connectivity index (χ0) is 14.0. The van der Waals surface area contributed by atoms with Gasteiger partial charge in [-0.25, -0.2) is 13.6 Å². The van der Waals surface area contributed by atoms with E-state index in [4.69, 9.17) is 9.88 Å². The first-order chi connectivity index (χ1) is 8.90. The van der Waals surface area contributed by atoms with Gasteiger partial charge in [0.1, 0.15) is 0 Å². The number of rotatable bonds is 3. The van der Waals surface area contributed by atoms with Crippen molar-refractivity contribution in [3.63, 3.8) is 0 Å². The highest BCUT2D eigenvalue weighted by Gasteiger charge is 2.25. The minimum absolute atomic E-state index is 0.0174. The van der Waals surface area contributed by atoms with Gasteiger partial charge in [0.25, 0.3) is 0 Å². The first-order valence-corrected chi connectivity index (χ1v) is 7.59. The van der Waals surface area contributed by atoms with Crippen LogP contribution in [0.5, 0.6) is 0 Å². The lowest BCUT2D eigenvalue weighted by Crippen LogP contribution is -2.48. The molecule has 0 radical (unpaired) electrons. The number of hydrogen-bond donors (Lipinski definition) is 2. The molecule has 0 saturated carbocycles. The van der Waals surface area contributed by atoms with Crippen molar-refractivity contribution in [1.29, 1.82) is 0 Å². The van der Waals surface area contributed by atoms with Crippen molar-refractivity contribution in [1.82, 2.24) is 0 Å². The van der Waals surface area contributed by atoms with Crippen LogP contribution in [0.2, 0.25) is 0 Å². The largest absolute Gasteiger partial charge is 0.394 e. The van der Waals surface area contributed by atoms with Crippen molar-refractivity contribution in [2.75, 3.05) is 24.6 Å². The predicted octanol–water partition coefficient (Wildman–Crippen LogP) is -0.0800. The number of sulfonamides is 1. The van der Waals surface area contributed by atoms with Crippen LogP contribution in [0.3, 0.4) is 0 Å². The molecule has 1 fully saturated rings. The lowest BCUT2D eigenvalue weighted by molar-refractivity contribution is -0.0421. The summed E-state index contributed by atoms with van der Waals surface area (Å²) >= 11 is 0. The number of nitrogens with two attached hydrogens (primary N) is 1. The highest BCUT2D eigenvalue weighted by molar-refractivity contribution is 7.89. The summed E-state index contributed by atoms with van der Waals surface area (Å²) in [5.41, 5.74) is 0.890. The summed E-state index contributed by atoms with van der Waals surface area (Å²) in [5.74, 6) is 0. The third kappa shape index (κ3) is 3.44. The maximum atomic E-state index is 11.2. The molecule has 0 bridgehead atoms. The van der Waals surface area contributed by atoms with Gasteiger partial charge >= 0.3 is 0 Å². The maximum absolute atomic E-state index is 11.2. The number of morpholine rings is 1. The van der Waals surface area contributed by atoms with Gasteiger partial charge in [0.15, 0.2) is 0 Å². The van der Waals surface area contributed by atoms with Gasteiger partial charge in [-0.1, -0.05) is 0 Å². The third-order valence-corrected chi connectivity index (χ3v) is 3.99. The van der Waals surface area contributed by atoms with Gasteiger partial charge in [-0.15, -0.1) is 0 Å². The number of hydrogen-bond acceptors (Lipinski definition) is 5. The summed E-state index contributed by atoms with van der Waals surface area (Å²) in [6, 6.07) is 6.40. The molecule has 0 spiro atoms. The van der Waals surface area contributed by atoms with Crippen LogP contribution in [0.1, 0.15) is 6.92 Å². The van der Waals surface area contributed by atoms with E-state index in [1.54, 1.807) is 12.1 Å². The number of nitrogens with zero attached hydrogens (tertiary/aromatic N) is 1. The first kappa shape index (κ1) is 14.3. The molecule has 0 aliphatic carbocycles. The van der Waals surface area contributed by atoms with Crippen LogP contribution >= 0.6 is 0 Å². The minimum Gasteiger partial charge on any atom is -0.394 e. The Balaban J connectivity index is 2.18. The normalized spacial score (nSPS) is 24.5. The molecule has 1 aromatic carbocycles. The first-order valence-electron chi connectivity index (χ1n) is 6.04. The standard InChI is InChI=1S/C12H18N2O4S/c1-9-6-14(7-11(8-15)18-9)10-2-4-12(5-3-10)19(13,16)17/h2-5,9,11,15H,6-8H2,1H3,(H2,13,16,17). The molecule has 1 aromatic rings. The monoisotopic (exact) mass is 286 g/mol. The van der Waals surface area contributed by atoms with Gasteiger partial charge in [-0.2, -0.15) is 0 Å². The Bertz CT molecular complexity index is 529. The SMILES string of the molecule is CC1CN(c2ccc(S(N)(=O)=O)cc2)CC(CO)O1. The molecule has 2 rings (SSSR count). The molecular formula is C12H18N2O4S. The van der Waals surface area contributed by atoms with E-state index in [1.165, 1.54) is 12.1 Å². The van der Waals surface area contributed by atoms with E-state index in [0.29, 0.717) is 13.1 Å². The lowest BCUT2D eigenvalue weighted by atomic mass is 10.2. The molecule has 1 saturated heterocycles. The predicted molar refractivity (Wildman–Crippen MR) is 71.4 cm³/mol. The molecule has 1 aliphatic heterocycles. The summed E-state index contributed by atoms with van der Waals surface area (Å²) in [6.45, 7) is 3.18.